The number of nitrogens with one attached hydrogen (secondary N) is 1. The fraction of sp³-hybridized carbons (Fsp3) is 0.579. The summed E-state index contributed by atoms with van der Waals surface area (Å²) in [7, 11) is 0. The van der Waals surface area contributed by atoms with Gasteiger partial charge in [0.2, 0.25) is 5.91 Å². The summed E-state index contributed by atoms with van der Waals surface area (Å²) < 4.78 is 0. The van der Waals surface area contributed by atoms with E-state index in [1.54, 1.807) is 0 Å². The Balaban J connectivity index is 2.07. The van der Waals surface area contributed by atoms with Crippen molar-refractivity contribution in [2.24, 2.45) is 5.92 Å². The average Bonchev–Trinajstić information content (AvgIpc) is 2.58. The van der Waals surface area contributed by atoms with Crippen molar-refractivity contribution in [1.29, 1.82) is 0 Å². The standard InChI is InChI=1S/C19H27NO3/c1-3-19(4-2,15-8-6-5-7-9-15)18(23)20-16-12-10-14(11-13-16)17(21)22/h5-9,14,16H,3-4,10-13H2,1-2H3,(H,20,23)(H,21,22). The van der Waals surface area contributed by atoms with Gasteiger partial charge in [-0.25, -0.2) is 0 Å². The normalized spacial score (nSPS) is 21.7. The van der Waals surface area contributed by atoms with Crippen molar-refractivity contribution in [2.75, 3.05) is 0 Å². The number of hydrogen-bond donors (Lipinski definition) is 2. The molecule has 4 heteroatoms. The maximum absolute atomic E-state index is 13.0. The molecule has 1 amide bonds. The highest BCUT2D eigenvalue weighted by atomic mass is 16.4. The van der Waals surface area contributed by atoms with Crippen molar-refractivity contribution in [1.82, 2.24) is 5.32 Å². The van der Waals surface area contributed by atoms with Gasteiger partial charge in [-0.05, 0) is 44.1 Å². The lowest BCUT2D eigenvalue weighted by atomic mass is 9.74. The molecule has 0 spiro atoms. The van der Waals surface area contributed by atoms with E-state index in [0.29, 0.717) is 12.8 Å². The lowest BCUT2D eigenvalue weighted by Crippen LogP contribution is -2.49. The molecule has 1 aliphatic carbocycles. The number of hydrogen-bond acceptors (Lipinski definition) is 2. The highest BCUT2D eigenvalue weighted by Gasteiger charge is 2.38. The van der Waals surface area contributed by atoms with Gasteiger partial charge in [0, 0.05) is 6.04 Å². The minimum absolute atomic E-state index is 0.0764. The fourth-order valence-corrected chi connectivity index (χ4v) is 3.68. The Bertz CT molecular complexity index is 529. The molecule has 0 aromatic heterocycles. The molecule has 0 atom stereocenters. The molecular formula is C19H27NO3. The Morgan fingerprint density at radius 1 is 1.09 bits per heavy atom. The van der Waals surface area contributed by atoms with E-state index < -0.39 is 11.4 Å². The number of benzene rings is 1. The van der Waals surface area contributed by atoms with Gasteiger partial charge in [-0.15, -0.1) is 0 Å². The summed E-state index contributed by atoms with van der Waals surface area (Å²) >= 11 is 0. The molecule has 1 aromatic carbocycles. The van der Waals surface area contributed by atoms with Crippen LogP contribution in [0, 0.1) is 5.92 Å². The van der Waals surface area contributed by atoms with Crippen molar-refractivity contribution in [3.8, 4) is 0 Å². The van der Waals surface area contributed by atoms with Crippen molar-refractivity contribution >= 4 is 11.9 Å². The lowest BCUT2D eigenvalue weighted by molar-refractivity contribution is -0.142. The van der Waals surface area contributed by atoms with E-state index in [-0.39, 0.29) is 17.9 Å². The second-order valence-corrected chi connectivity index (χ2v) is 6.52. The first-order chi connectivity index (χ1) is 11.0. The van der Waals surface area contributed by atoms with E-state index in [9.17, 15) is 9.59 Å². The Labute approximate surface area is 138 Å². The third kappa shape index (κ3) is 3.74. The predicted molar refractivity (Wildman–Crippen MR) is 90.2 cm³/mol. The van der Waals surface area contributed by atoms with Crippen LogP contribution in [0.1, 0.15) is 57.9 Å². The first kappa shape index (κ1) is 17.5. The molecule has 4 nitrogen and oxygen atoms in total. The SMILES string of the molecule is CCC(CC)(C(=O)NC1CCC(C(=O)O)CC1)c1ccccc1. The van der Waals surface area contributed by atoms with Crippen LogP contribution in [0.3, 0.4) is 0 Å². The molecule has 0 radical (unpaired) electrons. The Morgan fingerprint density at radius 3 is 2.13 bits per heavy atom. The Kier molecular flexibility index (Phi) is 5.80. The third-order valence-corrected chi connectivity index (χ3v) is 5.38. The van der Waals surface area contributed by atoms with Gasteiger partial charge in [0.05, 0.1) is 11.3 Å². The van der Waals surface area contributed by atoms with E-state index in [0.717, 1.165) is 31.2 Å². The maximum Gasteiger partial charge on any atom is 0.306 e. The van der Waals surface area contributed by atoms with Crippen molar-refractivity contribution in [3.05, 3.63) is 35.9 Å². The van der Waals surface area contributed by atoms with Gasteiger partial charge in [0.25, 0.3) is 0 Å². The molecule has 1 aliphatic rings. The van der Waals surface area contributed by atoms with Crippen LogP contribution in [0.2, 0.25) is 0 Å². The van der Waals surface area contributed by atoms with Crippen LogP contribution in [-0.4, -0.2) is 23.0 Å². The Hall–Kier alpha value is -1.84. The van der Waals surface area contributed by atoms with E-state index in [2.05, 4.69) is 19.2 Å². The van der Waals surface area contributed by atoms with Crippen molar-refractivity contribution < 1.29 is 14.7 Å². The minimum atomic E-state index is -0.712. The largest absolute Gasteiger partial charge is 0.481 e. The van der Waals surface area contributed by atoms with Crippen molar-refractivity contribution in [2.45, 2.75) is 63.8 Å². The molecule has 126 valence electrons. The smallest absolute Gasteiger partial charge is 0.306 e. The number of carboxylic acid groups (broad SMARTS) is 1. The number of carboxylic acids is 1. The van der Waals surface area contributed by atoms with Crippen molar-refractivity contribution in [3.63, 3.8) is 0 Å². The third-order valence-electron chi connectivity index (χ3n) is 5.38. The second kappa shape index (κ2) is 7.62. The van der Waals surface area contributed by atoms with Crippen LogP contribution in [0.25, 0.3) is 0 Å². The maximum atomic E-state index is 13.0. The molecule has 0 aliphatic heterocycles. The molecule has 1 fully saturated rings. The van der Waals surface area contributed by atoms with Crippen LogP contribution >= 0.6 is 0 Å². The molecule has 2 rings (SSSR count). The van der Waals surface area contributed by atoms with E-state index in [1.165, 1.54) is 0 Å². The molecule has 23 heavy (non-hydrogen) atoms. The zero-order chi connectivity index (χ0) is 16.9. The first-order valence-corrected chi connectivity index (χ1v) is 8.62. The van der Waals surface area contributed by atoms with Crippen LogP contribution in [0.5, 0.6) is 0 Å². The molecule has 1 saturated carbocycles. The molecule has 1 aromatic rings. The molecule has 2 N–H and O–H groups in total. The minimum Gasteiger partial charge on any atom is -0.481 e. The number of carbonyl (C=O) groups is 2. The van der Waals surface area contributed by atoms with Crippen LogP contribution in [0.4, 0.5) is 0 Å². The summed E-state index contributed by atoms with van der Waals surface area (Å²) in [5.74, 6) is -0.887. The summed E-state index contributed by atoms with van der Waals surface area (Å²) in [5.41, 5.74) is 0.562. The van der Waals surface area contributed by atoms with Crippen LogP contribution in [0.15, 0.2) is 30.3 Å². The van der Waals surface area contributed by atoms with Crippen LogP contribution in [-0.2, 0) is 15.0 Å². The molecule has 0 saturated heterocycles. The van der Waals surface area contributed by atoms with Gasteiger partial charge in [-0.2, -0.15) is 0 Å². The van der Waals surface area contributed by atoms with Gasteiger partial charge in [-0.3, -0.25) is 9.59 Å². The first-order valence-electron chi connectivity index (χ1n) is 8.62. The van der Waals surface area contributed by atoms with Crippen LogP contribution < -0.4 is 5.32 Å². The number of aliphatic carboxylic acids is 1. The average molecular weight is 317 g/mol. The van der Waals surface area contributed by atoms with Gasteiger partial charge < -0.3 is 10.4 Å². The lowest BCUT2D eigenvalue weighted by Gasteiger charge is -2.34. The molecule has 0 bridgehead atoms. The molecule has 0 heterocycles. The van der Waals surface area contributed by atoms with Gasteiger partial charge in [0.15, 0.2) is 0 Å². The molecular weight excluding hydrogens is 290 g/mol. The van der Waals surface area contributed by atoms with E-state index >= 15 is 0 Å². The summed E-state index contributed by atoms with van der Waals surface area (Å²) in [6, 6.07) is 10.0. The summed E-state index contributed by atoms with van der Waals surface area (Å²) in [4.78, 5) is 24.0. The highest BCUT2D eigenvalue weighted by molar-refractivity contribution is 5.88. The summed E-state index contributed by atoms with van der Waals surface area (Å²) in [6.45, 7) is 4.11. The number of amides is 1. The zero-order valence-corrected chi connectivity index (χ0v) is 14.0. The summed E-state index contributed by atoms with van der Waals surface area (Å²) in [5, 5.41) is 12.3. The monoisotopic (exact) mass is 317 g/mol. The quantitative estimate of drug-likeness (QED) is 0.844. The fourth-order valence-electron chi connectivity index (χ4n) is 3.68. The highest BCUT2D eigenvalue weighted by Crippen LogP contribution is 2.33. The Morgan fingerprint density at radius 2 is 1.65 bits per heavy atom. The van der Waals surface area contributed by atoms with Gasteiger partial charge >= 0.3 is 5.97 Å². The predicted octanol–water partition coefficient (Wildman–Crippen LogP) is 3.50. The van der Waals surface area contributed by atoms with E-state index in [1.807, 2.05) is 30.3 Å². The van der Waals surface area contributed by atoms with E-state index in [4.69, 9.17) is 5.11 Å². The topological polar surface area (TPSA) is 66.4 Å². The number of carbonyl (C=O) groups excluding carboxylic acids is 1. The summed E-state index contributed by atoms with van der Waals surface area (Å²) in [6.07, 6.45) is 4.31. The zero-order valence-electron chi connectivity index (χ0n) is 14.0. The van der Waals surface area contributed by atoms with Gasteiger partial charge in [0.1, 0.15) is 0 Å². The van der Waals surface area contributed by atoms with Gasteiger partial charge in [-0.1, -0.05) is 44.2 Å². The second-order valence-electron chi connectivity index (χ2n) is 6.52. The molecule has 0 unspecified atom stereocenters. The number of rotatable bonds is 6.